The first-order valence-corrected chi connectivity index (χ1v) is 9.82. The minimum Gasteiger partial charge on any atom is -0.396 e. The molecule has 0 spiro atoms. The summed E-state index contributed by atoms with van der Waals surface area (Å²) in [5.41, 5.74) is 2.37. The van der Waals surface area contributed by atoms with Crippen molar-refractivity contribution >= 4 is 23.4 Å². The molecule has 2 rings (SSSR count). The van der Waals surface area contributed by atoms with Crippen LogP contribution in [0.2, 0.25) is 0 Å². The number of carbonyl (C=O) groups is 1. The standard InChI is InChI=1S/C18H28N2O2S/c1-23-12-2-3-18(22)19-13-15-4-6-17(7-5-15)20-10-8-16(14-21)9-11-20/h4-7,16,21H,2-3,8-14H2,1H3,(H,19,22). The predicted molar refractivity (Wildman–Crippen MR) is 97.9 cm³/mol. The van der Waals surface area contributed by atoms with E-state index in [0.29, 0.717) is 25.5 Å². The summed E-state index contributed by atoms with van der Waals surface area (Å²) in [6.07, 6.45) is 5.73. The summed E-state index contributed by atoms with van der Waals surface area (Å²) in [7, 11) is 0. The second-order valence-corrected chi connectivity index (χ2v) is 7.14. The Labute approximate surface area is 143 Å². The number of anilines is 1. The average Bonchev–Trinajstić information content (AvgIpc) is 2.61. The molecule has 1 saturated heterocycles. The topological polar surface area (TPSA) is 52.6 Å². The van der Waals surface area contributed by atoms with Gasteiger partial charge in [-0.15, -0.1) is 0 Å². The molecule has 4 nitrogen and oxygen atoms in total. The monoisotopic (exact) mass is 336 g/mol. The van der Waals surface area contributed by atoms with Gasteiger partial charge >= 0.3 is 0 Å². The zero-order valence-corrected chi connectivity index (χ0v) is 14.8. The van der Waals surface area contributed by atoms with Gasteiger partial charge < -0.3 is 15.3 Å². The molecule has 0 saturated carbocycles. The van der Waals surface area contributed by atoms with Gasteiger partial charge in [-0.2, -0.15) is 11.8 Å². The summed E-state index contributed by atoms with van der Waals surface area (Å²) in [5, 5.41) is 12.2. The maximum Gasteiger partial charge on any atom is 0.220 e. The van der Waals surface area contributed by atoms with Crippen LogP contribution in [0.4, 0.5) is 5.69 Å². The van der Waals surface area contributed by atoms with E-state index < -0.39 is 0 Å². The van der Waals surface area contributed by atoms with E-state index in [1.807, 2.05) is 0 Å². The highest BCUT2D eigenvalue weighted by atomic mass is 32.2. The van der Waals surface area contributed by atoms with Gasteiger partial charge in [-0.3, -0.25) is 4.79 Å². The first-order valence-electron chi connectivity index (χ1n) is 8.43. The number of benzene rings is 1. The number of rotatable bonds is 8. The van der Waals surface area contributed by atoms with Gasteiger partial charge in [-0.05, 0) is 54.9 Å². The Bertz CT molecular complexity index is 470. The highest BCUT2D eigenvalue weighted by Gasteiger charge is 2.18. The van der Waals surface area contributed by atoms with Gasteiger partial charge in [0.1, 0.15) is 0 Å². The molecule has 0 atom stereocenters. The van der Waals surface area contributed by atoms with E-state index in [2.05, 4.69) is 40.7 Å². The average molecular weight is 337 g/mol. The van der Waals surface area contributed by atoms with Crippen molar-refractivity contribution in [3.8, 4) is 0 Å². The van der Waals surface area contributed by atoms with Crippen molar-refractivity contribution in [2.75, 3.05) is 36.6 Å². The van der Waals surface area contributed by atoms with Crippen LogP contribution in [0.3, 0.4) is 0 Å². The fraction of sp³-hybridized carbons (Fsp3) is 0.611. The van der Waals surface area contributed by atoms with Crippen molar-refractivity contribution in [1.29, 1.82) is 0 Å². The highest BCUT2D eigenvalue weighted by Crippen LogP contribution is 2.23. The van der Waals surface area contributed by atoms with Crippen LogP contribution in [-0.2, 0) is 11.3 Å². The van der Waals surface area contributed by atoms with Gasteiger partial charge in [0.25, 0.3) is 0 Å². The molecule has 1 aliphatic rings. The fourth-order valence-corrected chi connectivity index (χ4v) is 3.30. The first-order chi connectivity index (χ1) is 11.2. The molecule has 2 N–H and O–H groups in total. The summed E-state index contributed by atoms with van der Waals surface area (Å²) in [5.74, 6) is 1.63. The number of nitrogens with zero attached hydrogens (tertiary/aromatic N) is 1. The van der Waals surface area contributed by atoms with E-state index in [0.717, 1.165) is 43.7 Å². The Morgan fingerprint density at radius 1 is 1.30 bits per heavy atom. The van der Waals surface area contributed by atoms with E-state index in [1.54, 1.807) is 11.8 Å². The third kappa shape index (κ3) is 6.07. The molecule has 1 aliphatic heterocycles. The second kappa shape index (κ2) is 9.83. The molecule has 1 amide bonds. The Kier molecular flexibility index (Phi) is 7.76. The lowest BCUT2D eigenvalue weighted by Crippen LogP contribution is -2.34. The van der Waals surface area contributed by atoms with Crippen LogP contribution in [0, 0.1) is 5.92 Å². The molecule has 23 heavy (non-hydrogen) atoms. The zero-order valence-electron chi connectivity index (χ0n) is 14.0. The molecule has 0 bridgehead atoms. The van der Waals surface area contributed by atoms with E-state index >= 15 is 0 Å². The number of amides is 1. The number of aliphatic hydroxyl groups is 1. The third-order valence-electron chi connectivity index (χ3n) is 4.42. The zero-order chi connectivity index (χ0) is 16.5. The number of piperidine rings is 1. The molecule has 1 aromatic rings. The Hall–Kier alpha value is -1.20. The van der Waals surface area contributed by atoms with Crippen LogP contribution >= 0.6 is 11.8 Å². The van der Waals surface area contributed by atoms with Crippen LogP contribution in [0.25, 0.3) is 0 Å². The summed E-state index contributed by atoms with van der Waals surface area (Å²) in [4.78, 5) is 14.1. The smallest absolute Gasteiger partial charge is 0.220 e. The van der Waals surface area contributed by atoms with Crippen LogP contribution in [0.1, 0.15) is 31.2 Å². The number of nitrogens with one attached hydrogen (secondary N) is 1. The molecule has 128 valence electrons. The largest absolute Gasteiger partial charge is 0.396 e. The number of carbonyl (C=O) groups excluding carboxylic acids is 1. The van der Waals surface area contributed by atoms with Crippen molar-refractivity contribution in [1.82, 2.24) is 5.32 Å². The van der Waals surface area contributed by atoms with Crippen LogP contribution in [0.15, 0.2) is 24.3 Å². The lowest BCUT2D eigenvalue weighted by atomic mass is 9.97. The van der Waals surface area contributed by atoms with Crippen molar-refractivity contribution in [3.63, 3.8) is 0 Å². The van der Waals surface area contributed by atoms with Crippen molar-refractivity contribution < 1.29 is 9.90 Å². The third-order valence-corrected chi connectivity index (χ3v) is 5.11. The number of hydrogen-bond acceptors (Lipinski definition) is 4. The van der Waals surface area contributed by atoms with Crippen molar-refractivity contribution in [2.24, 2.45) is 5.92 Å². The Morgan fingerprint density at radius 3 is 2.61 bits per heavy atom. The Balaban J connectivity index is 1.75. The lowest BCUT2D eigenvalue weighted by Gasteiger charge is -2.33. The van der Waals surface area contributed by atoms with E-state index in [1.165, 1.54) is 5.69 Å². The predicted octanol–water partition coefficient (Wildman–Crippen LogP) is 2.65. The van der Waals surface area contributed by atoms with E-state index in [9.17, 15) is 9.90 Å². The van der Waals surface area contributed by atoms with E-state index in [-0.39, 0.29) is 5.91 Å². The van der Waals surface area contributed by atoms with Gasteiger partial charge in [0, 0.05) is 38.3 Å². The quantitative estimate of drug-likeness (QED) is 0.717. The summed E-state index contributed by atoms with van der Waals surface area (Å²) in [6.45, 7) is 2.93. The van der Waals surface area contributed by atoms with Crippen LogP contribution in [0.5, 0.6) is 0 Å². The molecule has 0 aliphatic carbocycles. The maximum absolute atomic E-state index is 11.7. The summed E-state index contributed by atoms with van der Waals surface area (Å²) < 4.78 is 0. The Morgan fingerprint density at radius 2 is 2.00 bits per heavy atom. The molecular weight excluding hydrogens is 308 g/mol. The molecule has 1 aromatic carbocycles. The number of thioether (sulfide) groups is 1. The molecule has 1 fully saturated rings. The number of hydrogen-bond donors (Lipinski definition) is 2. The molecule has 5 heteroatoms. The second-order valence-electron chi connectivity index (χ2n) is 6.15. The summed E-state index contributed by atoms with van der Waals surface area (Å²) in [6, 6.07) is 8.45. The molecule has 1 heterocycles. The molecular formula is C18H28N2O2S. The molecule has 0 radical (unpaired) electrons. The van der Waals surface area contributed by atoms with Gasteiger partial charge in [-0.25, -0.2) is 0 Å². The highest BCUT2D eigenvalue weighted by molar-refractivity contribution is 7.98. The van der Waals surface area contributed by atoms with E-state index in [4.69, 9.17) is 0 Å². The van der Waals surface area contributed by atoms with Crippen LogP contribution < -0.4 is 10.2 Å². The van der Waals surface area contributed by atoms with Gasteiger partial charge in [-0.1, -0.05) is 12.1 Å². The molecule has 0 unspecified atom stereocenters. The minimum atomic E-state index is 0.134. The van der Waals surface area contributed by atoms with Gasteiger partial charge in [0.15, 0.2) is 0 Å². The van der Waals surface area contributed by atoms with Gasteiger partial charge in [0.05, 0.1) is 0 Å². The fourth-order valence-electron chi connectivity index (χ4n) is 2.86. The minimum absolute atomic E-state index is 0.134. The lowest BCUT2D eigenvalue weighted by molar-refractivity contribution is -0.121. The van der Waals surface area contributed by atoms with Crippen LogP contribution in [-0.4, -0.2) is 42.7 Å². The first kappa shape index (κ1) is 18.1. The van der Waals surface area contributed by atoms with Crippen molar-refractivity contribution in [2.45, 2.75) is 32.2 Å². The SMILES string of the molecule is CSCCCC(=O)NCc1ccc(N2CCC(CO)CC2)cc1. The summed E-state index contributed by atoms with van der Waals surface area (Å²) >= 11 is 1.78. The maximum atomic E-state index is 11.7. The van der Waals surface area contributed by atoms with Gasteiger partial charge in [0.2, 0.25) is 5.91 Å². The number of aliphatic hydroxyl groups excluding tert-OH is 1. The van der Waals surface area contributed by atoms with Crippen molar-refractivity contribution in [3.05, 3.63) is 29.8 Å². The molecule has 0 aromatic heterocycles. The normalized spacial score (nSPS) is 15.7.